The minimum atomic E-state index is -2.17. The minimum Gasteiger partial charge on any atom is -0.461 e. The van der Waals surface area contributed by atoms with Gasteiger partial charge in [-0.25, -0.2) is 13.6 Å². The van der Waals surface area contributed by atoms with Gasteiger partial charge in [0.1, 0.15) is 30.0 Å². The SMILES string of the molecule is CC(C)(C)OC(=O)N1CCN(c2nc(OC[C@@]34CCCN3C[C@H](F)C4)nc3cc(Br)cc(F)c23)C(CO[Si](C)(C)C(C)(C)C)C1. The highest BCUT2D eigenvalue weighted by atomic mass is 79.9. The standard InChI is InChI=1S/C32H48BrF2N5O4Si/c1-30(2,3)44-29(41)38-12-13-40(23(18-38)19-43-45(7,8)31(4,5)6)27-26-24(35)14-21(33)15-25(26)36-28(37-27)42-20-32-10-9-11-39(32)17-22(34)16-32/h14-15,22-23H,9-13,16-20H2,1-8H3/t22-,23?,32+/m1/s1. The van der Waals surface area contributed by atoms with Crippen molar-refractivity contribution in [3.8, 4) is 6.01 Å². The van der Waals surface area contributed by atoms with E-state index in [0.29, 0.717) is 55.0 Å². The van der Waals surface area contributed by atoms with Gasteiger partial charge >= 0.3 is 12.1 Å². The van der Waals surface area contributed by atoms with Gasteiger partial charge in [-0.3, -0.25) is 4.90 Å². The van der Waals surface area contributed by atoms with Gasteiger partial charge in [0.2, 0.25) is 0 Å². The minimum absolute atomic E-state index is 0.0231. The second kappa shape index (κ2) is 12.5. The third-order valence-electron chi connectivity index (χ3n) is 9.76. The molecule has 3 aliphatic heterocycles. The molecule has 0 saturated carbocycles. The van der Waals surface area contributed by atoms with E-state index in [1.807, 2.05) is 25.7 Å². The van der Waals surface area contributed by atoms with Crippen LogP contribution in [-0.2, 0) is 9.16 Å². The van der Waals surface area contributed by atoms with Crippen LogP contribution in [0.4, 0.5) is 19.4 Å². The Kier molecular flexibility index (Phi) is 9.51. The summed E-state index contributed by atoms with van der Waals surface area (Å²) in [5.74, 6) is -0.0700. The van der Waals surface area contributed by atoms with Crippen LogP contribution < -0.4 is 9.64 Å². The summed E-state index contributed by atoms with van der Waals surface area (Å²) in [5, 5.41) is 0.254. The Balaban J connectivity index is 1.50. The highest BCUT2D eigenvalue weighted by Crippen LogP contribution is 2.41. The summed E-state index contributed by atoms with van der Waals surface area (Å²) in [7, 11) is -2.17. The first-order valence-electron chi connectivity index (χ1n) is 15.9. The first-order valence-corrected chi connectivity index (χ1v) is 19.6. The van der Waals surface area contributed by atoms with Crippen LogP contribution in [0.2, 0.25) is 18.1 Å². The van der Waals surface area contributed by atoms with E-state index >= 15 is 4.39 Å². The van der Waals surface area contributed by atoms with Gasteiger partial charge in [-0.15, -0.1) is 0 Å². The lowest BCUT2D eigenvalue weighted by Gasteiger charge is -2.44. The Labute approximate surface area is 275 Å². The van der Waals surface area contributed by atoms with Crippen molar-refractivity contribution in [2.45, 2.75) is 102 Å². The van der Waals surface area contributed by atoms with E-state index in [1.165, 1.54) is 6.07 Å². The van der Waals surface area contributed by atoms with Crippen LogP contribution in [0.25, 0.3) is 10.9 Å². The van der Waals surface area contributed by atoms with E-state index in [9.17, 15) is 9.18 Å². The number of rotatable bonds is 7. The lowest BCUT2D eigenvalue weighted by molar-refractivity contribution is 0.0198. The summed E-state index contributed by atoms with van der Waals surface area (Å²) in [6.45, 7) is 19.4. The first-order chi connectivity index (χ1) is 20.9. The normalized spacial score (nSPS) is 24.8. The number of hydrogen-bond donors (Lipinski definition) is 0. The van der Waals surface area contributed by atoms with Crippen LogP contribution in [0.1, 0.15) is 60.8 Å². The van der Waals surface area contributed by atoms with Gasteiger partial charge in [-0.1, -0.05) is 36.7 Å². The highest BCUT2D eigenvalue weighted by molar-refractivity contribution is 9.10. The number of halogens is 3. The Morgan fingerprint density at radius 1 is 1.11 bits per heavy atom. The van der Waals surface area contributed by atoms with E-state index in [0.717, 1.165) is 19.4 Å². The summed E-state index contributed by atoms with van der Waals surface area (Å²) in [6, 6.07) is 2.95. The second-order valence-electron chi connectivity index (χ2n) is 15.3. The molecular formula is C32H48BrF2N5O4Si. The molecule has 1 aromatic heterocycles. The number of ether oxygens (including phenoxy) is 2. The fourth-order valence-electron chi connectivity index (χ4n) is 6.35. The van der Waals surface area contributed by atoms with Gasteiger partial charge in [0, 0.05) is 37.1 Å². The molecule has 250 valence electrons. The summed E-state index contributed by atoms with van der Waals surface area (Å²) < 4.78 is 49.4. The third-order valence-corrected chi connectivity index (χ3v) is 14.7. The molecule has 0 bridgehead atoms. The molecule has 13 heteroatoms. The van der Waals surface area contributed by atoms with Gasteiger partial charge in [0.05, 0.1) is 29.1 Å². The van der Waals surface area contributed by atoms with Crippen molar-refractivity contribution < 1.29 is 27.5 Å². The van der Waals surface area contributed by atoms with Gasteiger partial charge in [0.25, 0.3) is 0 Å². The van der Waals surface area contributed by atoms with Gasteiger partial charge in [-0.2, -0.15) is 9.97 Å². The predicted octanol–water partition coefficient (Wildman–Crippen LogP) is 6.93. The fourth-order valence-corrected chi connectivity index (χ4v) is 7.81. The number of alkyl halides is 1. The number of nitrogens with zero attached hydrogens (tertiary/aromatic N) is 5. The van der Waals surface area contributed by atoms with E-state index in [1.54, 1.807) is 11.0 Å². The molecule has 3 atom stereocenters. The van der Waals surface area contributed by atoms with Crippen LogP contribution in [0.5, 0.6) is 6.01 Å². The van der Waals surface area contributed by atoms with Crippen LogP contribution >= 0.6 is 15.9 Å². The molecule has 0 spiro atoms. The van der Waals surface area contributed by atoms with E-state index < -0.39 is 32.0 Å². The summed E-state index contributed by atoms with van der Waals surface area (Å²) in [6.07, 6.45) is 1.00. The largest absolute Gasteiger partial charge is 0.461 e. The zero-order chi connectivity index (χ0) is 32.9. The van der Waals surface area contributed by atoms with Gasteiger partial charge < -0.3 is 23.7 Å². The maximum absolute atomic E-state index is 15.8. The summed E-state index contributed by atoms with van der Waals surface area (Å²) in [4.78, 5) is 28.5. The molecule has 0 radical (unpaired) electrons. The van der Waals surface area contributed by atoms with Crippen LogP contribution in [0.15, 0.2) is 16.6 Å². The first kappa shape index (κ1) is 34.2. The number of benzene rings is 1. The average molecular weight is 713 g/mol. The molecule has 2 aromatic rings. The molecule has 0 aliphatic carbocycles. The number of amides is 1. The lowest BCUT2D eigenvalue weighted by Crippen LogP contribution is -2.58. The Hall–Kier alpha value is -2.09. The van der Waals surface area contributed by atoms with Crippen LogP contribution in [0.3, 0.4) is 0 Å². The quantitative estimate of drug-likeness (QED) is 0.286. The van der Waals surface area contributed by atoms with Crippen molar-refractivity contribution in [3.63, 3.8) is 0 Å². The van der Waals surface area contributed by atoms with E-state index in [4.69, 9.17) is 18.9 Å². The van der Waals surface area contributed by atoms with Crippen molar-refractivity contribution in [2.75, 3.05) is 50.8 Å². The number of fused-ring (bicyclic) bond motifs is 2. The zero-order valence-electron chi connectivity index (χ0n) is 27.9. The molecule has 3 fully saturated rings. The van der Waals surface area contributed by atoms with Gasteiger partial charge in [-0.05, 0) is 70.4 Å². The fraction of sp³-hybridized carbons (Fsp3) is 0.719. The number of carbonyl (C=O) groups excluding carboxylic acids is 1. The number of piperazine rings is 1. The molecule has 45 heavy (non-hydrogen) atoms. The molecular weight excluding hydrogens is 664 g/mol. The number of carbonyl (C=O) groups is 1. The maximum atomic E-state index is 15.8. The third kappa shape index (κ3) is 7.41. The molecule has 3 aliphatic rings. The number of hydrogen-bond acceptors (Lipinski definition) is 8. The van der Waals surface area contributed by atoms with Crippen molar-refractivity contribution in [3.05, 3.63) is 22.4 Å². The van der Waals surface area contributed by atoms with Crippen molar-refractivity contribution in [1.82, 2.24) is 19.8 Å². The highest BCUT2D eigenvalue weighted by Gasteiger charge is 2.49. The maximum Gasteiger partial charge on any atom is 0.410 e. The Morgan fingerprint density at radius 2 is 1.84 bits per heavy atom. The van der Waals surface area contributed by atoms with Crippen LogP contribution in [0, 0.1) is 5.82 Å². The smallest absolute Gasteiger partial charge is 0.410 e. The predicted molar refractivity (Wildman–Crippen MR) is 178 cm³/mol. The van der Waals surface area contributed by atoms with Crippen molar-refractivity contribution in [1.29, 1.82) is 0 Å². The molecule has 9 nitrogen and oxygen atoms in total. The Morgan fingerprint density at radius 3 is 2.53 bits per heavy atom. The molecule has 4 heterocycles. The monoisotopic (exact) mass is 711 g/mol. The summed E-state index contributed by atoms with van der Waals surface area (Å²) >= 11 is 3.41. The van der Waals surface area contributed by atoms with E-state index in [2.05, 4.69) is 59.7 Å². The van der Waals surface area contributed by atoms with Gasteiger partial charge in [0.15, 0.2) is 8.32 Å². The molecule has 3 saturated heterocycles. The molecule has 1 aromatic carbocycles. The molecule has 5 rings (SSSR count). The Bertz CT molecular complexity index is 1420. The summed E-state index contributed by atoms with van der Waals surface area (Å²) in [5.41, 5.74) is -0.613. The van der Waals surface area contributed by atoms with Crippen molar-refractivity contribution in [2.24, 2.45) is 0 Å². The average Bonchev–Trinajstić information content (AvgIpc) is 3.44. The van der Waals surface area contributed by atoms with Crippen LogP contribution in [-0.4, -0.2) is 103 Å². The van der Waals surface area contributed by atoms with Crippen molar-refractivity contribution >= 4 is 47.1 Å². The zero-order valence-corrected chi connectivity index (χ0v) is 30.5. The molecule has 0 N–H and O–H groups in total. The topological polar surface area (TPSA) is 80.3 Å². The molecule has 1 unspecified atom stereocenters. The lowest BCUT2D eigenvalue weighted by atomic mass is 9.95. The number of aromatic nitrogens is 2. The second-order valence-corrected chi connectivity index (χ2v) is 21.0. The van der Waals surface area contributed by atoms with E-state index in [-0.39, 0.29) is 34.6 Å². The molecule has 1 amide bonds. The number of anilines is 1.